The van der Waals surface area contributed by atoms with Crippen LogP contribution in [0.5, 0.6) is 0 Å². The molecule has 0 amide bonds. The standard InChI is InChI=1S/C9H14BrN3O/c1-12-3-2-11-9(12)13-4-5-14-7-8(13)6-10/h2-3,8H,4-7H2,1H3. The second-order valence-electron chi connectivity index (χ2n) is 3.41. The van der Waals surface area contributed by atoms with E-state index in [1.54, 1.807) is 0 Å². The summed E-state index contributed by atoms with van der Waals surface area (Å²) in [6, 6.07) is 0.393. The number of rotatable bonds is 2. The third-order valence-corrected chi connectivity index (χ3v) is 3.21. The molecule has 14 heavy (non-hydrogen) atoms. The molecule has 1 saturated heterocycles. The number of halogens is 1. The minimum absolute atomic E-state index is 0.393. The zero-order valence-corrected chi connectivity index (χ0v) is 9.77. The molecule has 0 aromatic carbocycles. The highest BCUT2D eigenvalue weighted by molar-refractivity contribution is 9.09. The van der Waals surface area contributed by atoms with Gasteiger partial charge in [0, 0.05) is 31.3 Å². The van der Waals surface area contributed by atoms with Gasteiger partial charge >= 0.3 is 0 Å². The number of ether oxygens (including phenoxy) is 1. The molecule has 2 heterocycles. The van der Waals surface area contributed by atoms with Gasteiger partial charge in [0.15, 0.2) is 0 Å². The molecule has 0 radical (unpaired) electrons. The van der Waals surface area contributed by atoms with Crippen molar-refractivity contribution in [2.45, 2.75) is 6.04 Å². The SMILES string of the molecule is Cn1ccnc1N1CCOCC1CBr. The Morgan fingerprint density at radius 2 is 2.57 bits per heavy atom. The molecule has 0 saturated carbocycles. The van der Waals surface area contributed by atoms with Gasteiger partial charge in [-0.1, -0.05) is 15.9 Å². The highest BCUT2D eigenvalue weighted by atomic mass is 79.9. The van der Waals surface area contributed by atoms with E-state index in [1.165, 1.54) is 0 Å². The smallest absolute Gasteiger partial charge is 0.205 e. The predicted molar refractivity (Wildman–Crippen MR) is 59.0 cm³/mol. The molecule has 1 unspecified atom stereocenters. The van der Waals surface area contributed by atoms with Crippen molar-refractivity contribution in [3.63, 3.8) is 0 Å². The first-order valence-electron chi connectivity index (χ1n) is 4.70. The normalized spacial score (nSPS) is 22.7. The molecule has 0 bridgehead atoms. The van der Waals surface area contributed by atoms with Gasteiger partial charge in [-0.15, -0.1) is 0 Å². The van der Waals surface area contributed by atoms with Crippen LogP contribution in [0.25, 0.3) is 0 Å². The molecular weight excluding hydrogens is 246 g/mol. The van der Waals surface area contributed by atoms with Crippen LogP contribution in [0.3, 0.4) is 0 Å². The van der Waals surface area contributed by atoms with Crippen molar-refractivity contribution in [3.8, 4) is 0 Å². The number of anilines is 1. The summed E-state index contributed by atoms with van der Waals surface area (Å²) in [5.74, 6) is 1.03. The topological polar surface area (TPSA) is 30.3 Å². The van der Waals surface area contributed by atoms with Crippen molar-refractivity contribution < 1.29 is 4.74 Å². The summed E-state index contributed by atoms with van der Waals surface area (Å²) in [6.07, 6.45) is 3.80. The van der Waals surface area contributed by atoms with E-state index in [0.717, 1.165) is 31.0 Å². The van der Waals surface area contributed by atoms with Gasteiger partial charge < -0.3 is 14.2 Å². The first kappa shape index (κ1) is 9.98. The summed E-state index contributed by atoms with van der Waals surface area (Å²) in [6.45, 7) is 2.48. The number of hydrogen-bond donors (Lipinski definition) is 0. The molecule has 1 aromatic rings. The first-order valence-corrected chi connectivity index (χ1v) is 5.82. The Bertz CT molecular complexity index is 302. The number of morpholine rings is 1. The average Bonchev–Trinajstić information content (AvgIpc) is 2.64. The number of aromatic nitrogens is 2. The summed E-state index contributed by atoms with van der Waals surface area (Å²) < 4.78 is 7.48. The third kappa shape index (κ3) is 1.79. The molecule has 1 aliphatic rings. The monoisotopic (exact) mass is 259 g/mol. The highest BCUT2D eigenvalue weighted by Gasteiger charge is 2.24. The molecule has 78 valence electrons. The van der Waals surface area contributed by atoms with E-state index in [0.29, 0.717) is 6.04 Å². The van der Waals surface area contributed by atoms with Crippen LogP contribution in [-0.2, 0) is 11.8 Å². The number of aryl methyl sites for hydroxylation is 1. The van der Waals surface area contributed by atoms with Gasteiger partial charge in [0.1, 0.15) is 0 Å². The van der Waals surface area contributed by atoms with Crippen LogP contribution in [0.1, 0.15) is 0 Å². The molecule has 2 rings (SSSR count). The van der Waals surface area contributed by atoms with E-state index in [-0.39, 0.29) is 0 Å². The van der Waals surface area contributed by atoms with Gasteiger partial charge in [-0.3, -0.25) is 0 Å². The van der Waals surface area contributed by atoms with Crippen LogP contribution < -0.4 is 4.90 Å². The molecule has 0 aliphatic carbocycles. The van der Waals surface area contributed by atoms with E-state index in [4.69, 9.17) is 4.74 Å². The lowest BCUT2D eigenvalue weighted by molar-refractivity contribution is 0.0993. The second-order valence-corrected chi connectivity index (χ2v) is 4.06. The number of nitrogens with zero attached hydrogens (tertiary/aromatic N) is 3. The van der Waals surface area contributed by atoms with Crippen LogP contribution >= 0.6 is 15.9 Å². The molecule has 1 aliphatic heterocycles. The zero-order valence-electron chi connectivity index (χ0n) is 8.19. The maximum Gasteiger partial charge on any atom is 0.205 e. The van der Waals surface area contributed by atoms with E-state index in [9.17, 15) is 0 Å². The summed E-state index contributed by atoms with van der Waals surface area (Å²) in [5, 5.41) is 0.917. The van der Waals surface area contributed by atoms with Gasteiger partial charge in [0.2, 0.25) is 5.95 Å². The fraction of sp³-hybridized carbons (Fsp3) is 0.667. The quantitative estimate of drug-likeness (QED) is 0.744. The molecule has 5 heteroatoms. The Balaban J connectivity index is 2.19. The molecule has 4 nitrogen and oxygen atoms in total. The first-order chi connectivity index (χ1) is 6.83. The average molecular weight is 260 g/mol. The minimum Gasteiger partial charge on any atom is -0.377 e. The highest BCUT2D eigenvalue weighted by Crippen LogP contribution is 2.17. The molecule has 0 N–H and O–H groups in total. The van der Waals surface area contributed by atoms with Crippen LogP contribution in [-0.4, -0.2) is 40.7 Å². The van der Waals surface area contributed by atoms with E-state index < -0.39 is 0 Å². The zero-order chi connectivity index (χ0) is 9.97. The Morgan fingerprint density at radius 3 is 3.21 bits per heavy atom. The largest absolute Gasteiger partial charge is 0.377 e. The lowest BCUT2D eigenvalue weighted by Crippen LogP contribution is -2.47. The Hall–Kier alpha value is -0.550. The summed E-state index contributed by atoms with van der Waals surface area (Å²) in [4.78, 5) is 6.64. The lowest BCUT2D eigenvalue weighted by atomic mass is 10.3. The molecule has 1 atom stereocenters. The van der Waals surface area contributed by atoms with Gasteiger partial charge in [0.05, 0.1) is 19.3 Å². The van der Waals surface area contributed by atoms with E-state index >= 15 is 0 Å². The molecule has 1 aromatic heterocycles. The third-order valence-electron chi connectivity index (χ3n) is 2.46. The van der Waals surface area contributed by atoms with Crippen LogP contribution in [0.4, 0.5) is 5.95 Å². The van der Waals surface area contributed by atoms with Crippen LogP contribution in [0.15, 0.2) is 12.4 Å². The summed E-state index contributed by atoms with van der Waals surface area (Å²) >= 11 is 3.50. The van der Waals surface area contributed by atoms with Crippen molar-refractivity contribution >= 4 is 21.9 Å². The van der Waals surface area contributed by atoms with Crippen molar-refractivity contribution in [1.29, 1.82) is 0 Å². The van der Waals surface area contributed by atoms with E-state index in [1.807, 2.05) is 24.0 Å². The molecule has 0 spiro atoms. The fourth-order valence-corrected chi connectivity index (χ4v) is 2.22. The van der Waals surface area contributed by atoms with Crippen molar-refractivity contribution in [2.24, 2.45) is 7.05 Å². The van der Waals surface area contributed by atoms with Gasteiger partial charge in [0.25, 0.3) is 0 Å². The summed E-state index contributed by atoms with van der Waals surface area (Å²) in [7, 11) is 2.02. The molecule has 1 fully saturated rings. The van der Waals surface area contributed by atoms with Crippen LogP contribution in [0.2, 0.25) is 0 Å². The van der Waals surface area contributed by atoms with Gasteiger partial charge in [-0.25, -0.2) is 4.98 Å². The number of imidazole rings is 1. The number of hydrogen-bond acceptors (Lipinski definition) is 3. The minimum atomic E-state index is 0.393. The van der Waals surface area contributed by atoms with Gasteiger partial charge in [-0.05, 0) is 0 Å². The maximum atomic E-state index is 5.43. The van der Waals surface area contributed by atoms with Crippen molar-refractivity contribution in [2.75, 3.05) is 30.0 Å². The fourth-order valence-electron chi connectivity index (χ4n) is 1.68. The van der Waals surface area contributed by atoms with Crippen molar-refractivity contribution in [3.05, 3.63) is 12.4 Å². The second kappa shape index (κ2) is 4.31. The van der Waals surface area contributed by atoms with Gasteiger partial charge in [-0.2, -0.15) is 0 Å². The Kier molecular flexibility index (Phi) is 3.08. The Morgan fingerprint density at radius 1 is 1.71 bits per heavy atom. The molecular formula is C9H14BrN3O. The van der Waals surface area contributed by atoms with E-state index in [2.05, 4.69) is 25.8 Å². The summed E-state index contributed by atoms with van der Waals surface area (Å²) in [5.41, 5.74) is 0. The maximum absolute atomic E-state index is 5.43. The predicted octanol–water partition coefficient (Wildman–Crippen LogP) is 1.02. The van der Waals surface area contributed by atoms with Crippen molar-refractivity contribution in [1.82, 2.24) is 9.55 Å². The number of alkyl halides is 1. The Labute approximate surface area is 92.0 Å². The van der Waals surface area contributed by atoms with Crippen LogP contribution in [0, 0.1) is 0 Å². The lowest BCUT2D eigenvalue weighted by Gasteiger charge is -2.35.